The molecule has 9 heteroatoms. The normalized spacial score (nSPS) is 14.3. The Labute approximate surface area is 291 Å². The summed E-state index contributed by atoms with van der Waals surface area (Å²) in [5.74, 6) is 0.226. The minimum atomic E-state index is -0.958. The smallest absolute Gasteiger partial charge is 0.336 e. The molecular weight excluding hydrogens is 633 g/mol. The van der Waals surface area contributed by atoms with Crippen molar-refractivity contribution in [2.24, 2.45) is 5.73 Å². The minimum Gasteiger partial charge on any atom is -0.478 e. The number of nitrogens with two attached hydrogens (primary N) is 1. The van der Waals surface area contributed by atoms with Crippen molar-refractivity contribution in [2.45, 2.75) is 70.5 Å². The Bertz CT molecular complexity index is 1980. The Kier molecular flexibility index (Phi) is 10.3. The first-order valence-corrected chi connectivity index (χ1v) is 17.9. The standard InChI is InChI=1S/C40H42N4O4S/c1-3-10-35-43-36-26(2)21-30(37(45)42-31(22-27-11-5-4-6-12-27)25-49-39(48)40(41)19-9-20-40)23-34(36)44(35)24-28-15-17-29(18-16-28)32-13-7-8-14-33(32)38(46)47/h4-8,11-18,21,23,31H,3,9-10,19-20,22,24-25,41H2,1-2H3,(H,42,45)(H,46,47)/t31-/m1/s1. The number of carbonyl (C=O) groups is 3. The van der Waals surface area contributed by atoms with Gasteiger partial charge in [0.2, 0.25) is 5.12 Å². The zero-order chi connectivity index (χ0) is 34.5. The van der Waals surface area contributed by atoms with E-state index in [-0.39, 0.29) is 22.6 Å². The molecule has 4 aromatic carbocycles. The summed E-state index contributed by atoms with van der Waals surface area (Å²) in [4.78, 5) is 43.6. The number of hydrogen-bond acceptors (Lipinski definition) is 6. The summed E-state index contributed by atoms with van der Waals surface area (Å²) in [6.07, 6.45) is 4.69. The molecule has 0 spiro atoms. The molecule has 0 unspecified atom stereocenters. The fourth-order valence-corrected chi connectivity index (χ4v) is 7.50. The Morgan fingerprint density at radius 1 is 0.980 bits per heavy atom. The molecule has 0 saturated heterocycles. The van der Waals surface area contributed by atoms with Crippen molar-refractivity contribution in [2.75, 3.05) is 5.75 Å². The molecule has 5 aromatic rings. The van der Waals surface area contributed by atoms with Crippen molar-refractivity contribution in [3.05, 3.63) is 125 Å². The maximum Gasteiger partial charge on any atom is 0.336 e. The monoisotopic (exact) mass is 674 g/mol. The fourth-order valence-electron chi connectivity index (χ4n) is 6.46. The molecule has 1 aliphatic carbocycles. The van der Waals surface area contributed by atoms with Gasteiger partial charge in [0.15, 0.2) is 0 Å². The van der Waals surface area contributed by atoms with Crippen LogP contribution >= 0.6 is 11.8 Å². The lowest BCUT2D eigenvalue weighted by Gasteiger charge is -2.36. The van der Waals surface area contributed by atoms with Gasteiger partial charge in [0, 0.05) is 30.3 Å². The van der Waals surface area contributed by atoms with Crippen LogP contribution in [0.4, 0.5) is 0 Å². The lowest BCUT2D eigenvalue weighted by atomic mass is 9.79. The molecule has 252 valence electrons. The maximum atomic E-state index is 13.9. The van der Waals surface area contributed by atoms with Crippen LogP contribution in [0.5, 0.6) is 0 Å². The van der Waals surface area contributed by atoms with Gasteiger partial charge < -0.3 is 20.7 Å². The van der Waals surface area contributed by atoms with Gasteiger partial charge in [0.05, 0.1) is 22.1 Å². The highest BCUT2D eigenvalue weighted by molar-refractivity contribution is 8.13. The molecule has 6 rings (SSSR count). The molecule has 1 atom stereocenters. The lowest BCUT2D eigenvalue weighted by Crippen LogP contribution is -2.52. The molecule has 1 amide bonds. The van der Waals surface area contributed by atoms with E-state index in [9.17, 15) is 19.5 Å². The first kappa shape index (κ1) is 34.1. The van der Waals surface area contributed by atoms with Gasteiger partial charge in [0.1, 0.15) is 5.82 Å². The molecular formula is C40H42N4O4S. The first-order chi connectivity index (χ1) is 23.6. The Hall–Kier alpha value is -4.73. The van der Waals surface area contributed by atoms with Gasteiger partial charge in [-0.25, -0.2) is 9.78 Å². The van der Waals surface area contributed by atoms with E-state index in [1.807, 2.05) is 85.8 Å². The van der Waals surface area contributed by atoms with Crippen LogP contribution in [-0.2, 0) is 24.2 Å². The van der Waals surface area contributed by atoms with Crippen LogP contribution in [0.3, 0.4) is 0 Å². The number of carboxylic acid groups (broad SMARTS) is 1. The van der Waals surface area contributed by atoms with Crippen molar-refractivity contribution >= 4 is 39.8 Å². The number of aryl methyl sites for hydroxylation is 2. The number of amides is 1. The van der Waals surface area contributed by atoms with Crippen LogP contribution in [0.2, 0.25) is 0 Å². The molecule has 1 saturated carbocycles. The number of aromatic nitrogens is 2. The predicted molar refractivity (Wildman–Crippen MR) is 196 cm³/mol. The first-order valence-electron chi connectivity index (χ1n) is 16.9. The van der Waals surface area contributed by atoms with Crippen LogP contribution < -0.4 is 11.1 Å². The van der Waals surface area contributed by atoms with Crippen molar-refractivity contribution in [3.8, 4) is 11.1 Å². The zero-order valence-corrected chi connectivity index (χ0v) is 28.8. The van der Waals surface area contributed by atoms with Gasteiger partial charge in [0.25, 0.3) is 5.91 Å². The van der Waals surface area contributed by atoms with E-state index in [4.69, 9.17) is 10.7 Å². The Morgan fingerprint density at radius 2 is 1.69 bits per heavy atom. The largest absolute Gasteiger partial charge is 0.478 e. The topological polar surface area (TPSA) is 127 Å². The number of aromatic carboxylic acids is 1. The van der Waals surface area contributed by atoms with E-state index in [0.29, 0.717) is 42.7 Å². The van der Waals surface area contributed by atoms with Crippen molar-refractivity contribution in [1.82, 2.24) is 14.9 Å². The van der Waals surface area contributed by atoms with Gasteiger partial charge in [-0.1, -0.05) is 91.5 Å². The molecule has 0 bridgehead atoms. The quantitative estimate of drug-likeness (QED) is 0.121. The minimum absolute atomic E-state index is 0.00481. The molecule has 1 heterocycles. The summed E-state index contributed by atoms with van der Waals surface area (Å²) >= 11 is 1.22. The number of nitrogens with zero attached hydrogens (tertiary/aromatic N) is 2. The molecule has 4 N–H and O–H groups in total. The number of carbonyl (C=O) groups excluding carboxylic acids is 2. The van der Waals surface area contributed by atoms with E-state index >= 15 is 0 Å². The molecule has 0 aliphatic heterocycles. The average molecular weight is 675 g/mol. The summed E-state index contributed by atoms with van der Waals surface area (Å²) in [5, 5.41) is 12.9. The number of hydrogen-bond donors (Lipinski definition) is 3. The number of benzene rings is 4. The second kappa shape index (κ2) is 14.8. The van der Waals surface area contributed by atoms with E-state index in [1.54, 1.807) is 12.1 Å². The number of imidazole rings is 1. The van der Waals surface area contributed by atoms with Crippen LogP contribution in [0.25, 0.3) is 22.2 Å². The van der Waals surface area contributed by atoms with E-state index in [2.05, 4.69) is 16.8 Å². The second-order valence-electron chi connectivity index (χ2n) is 13.0. The van der Waals surface area contributed by atoms with Gasteiger partial charge in [-0.2, -0.15) is 0 Å². The summed E-state index contributed by atoms with van der Waals surface area (Å²) in [6.45, 7) is 4.65. The van der Waals surface area contributed by atoms with Crippen LogP contribution in [0.15, 0.2) is 91.0 Å². The number of nitrogens with one attached hydrogen (secondary N) is 1. The number of thioether (sulfide) groups is 1. The highest BCUT2D eigenvalue weighted by Gasteiger charge is 2.40. The highest BCUT2D eigenvalue weighted by atomic mass is 32.2. The molecule has 8 nitrogen and oxygen atoms in total. The van der Waals surface area contributed by atoms with Crippen molar-refractivity contribution in [3.63, 3.8) is 0 Å². The Balaban J connectivity index is 1.26. The highest BCUT2D eigenvalue weighted by Crippen LogP contribution is 2.34. The lowest BCUT2D eigenvalue weighted by molar-refractivity contribution is -0.118. The van der Waals surface area contributed by atoms with Gasteiger partial charge in [-0.05, 0) is 85.0 Å². The van der Waals surface area contributed by atoms with Crippen molar-refractivity contribution in [1.29, 1.82) is 0 Å². The molecule has 1 aliphatic rings. The van der Waals surface area contributed by atoms with E-state index < -0.39 is 11.5 Å². The third-order valence-corrected chi connectivity index (χ3v) is 10.6. The SMILES string of the molecule is CCCc1nc2c(C)cc(C(=O)N[C@@H](CSC(=O)C3(N)CCC3)Cc3ccccc3)cc2n1Cc1ccc(-c2ccccc2C(=O)O)cc1. The summed E-state index contributed by atoms with van der Waals surface area (Å²) < 4.78 is 2.18. The van der Waals surface area contributed by atoms with Crippen LogP contribution in [0, 0.1) is 6.92 Å². The number of carboxylic acids is 1. The number of rotatable bonds is 13. The third kappa shape index (κ3) is 7.63. The van der Waals surface area contributed by atoms with Crippen LogP contribution in [-0.4, -0.2) is 49.0 Å². The van der Waals surface area contributed by atoms with Gasteiger partial charge >= 0.3 is 5.97 Å². The van der Waals surface area contributed by atoms with Crippen molar-refractivity contribution < 1.29 is 19.5 Å². The Morgan fingerprint density at radius 3 is 2.37 bits per heavy atom. The molecule has 1 fully saturated rings. The van der Waals surface area contributed by atoms with Gasteiger partial charge in [-0.15, -0.1) is 0 Å². The van der Waals surface area contributed by atoms with E-state index in [1.165, 1.54) is 11.8 Å². The fraction of sp³-hybridized carbons (Fsp3) is 0.300. The van der Waals surface area contributed by atoms with E-state index in [0.717, 1.165) is 58.4 Å². The van der Waals surface area contributed by atoms with Gasteiger partial charge in [-0.3, -0.25) is 9.59 Å². The summed E-state index contributed by atoms with van der Waals surface area (Å²) in [5.41, 5.74) is 12.6. The van der Waals surface area contributed by atoms with Crippen LogP contribution in [0.1, 0.15) is 75.8 Å². The second-order valence-corrected chi connectivity index (χ2v) is 14.0. The molecule has 1 aromatic heterocycles. The molecule has 0 radical (unpaired) electrons. The third-order valence-electron chi connectivity index (χ3n) is 9.35. The maximum absolute atomic E-state index is 13.9. The molecule has 49 heavy (non-hydrogen) atoms. The summed E-state index contributed by atoms with van der Waals surface area (Å²) in [7, 11) is 0. The average Bonchev–Trinajstić information content (AvgIpc) is 3.43. The number of fused-ring (bicyclic) bond motifs is 1. The predicted octanol–water partition coefficient (Wildman–Crippen LogP) is 7.19. The summed E-state index contributed by atoms with van der Waals surface area (Å²) in [6, 6.07) is 28.5. The zero-order valence-electron chi connectivity index (χ0n) is 27.9.